The minimum atomic E-state index is -0.127. The summed E-state index contributed by atoms with van der Waals surface area (Å²) in [5.74, 6) is 0.889. The smallest absolute Gasteiger partial charge is 0.113 e. The van der Waals surface area contributed by atoms with E-state index in [0.717, 1.165) is 25.2 Å². The molecular formula is C17H30N2S. The van der Waals surface area contributed by atoms with Gasteiger partial charge in [0.05, 0.1) is 11.2 Å². The van der Waals surface area contributed by atoms with Crippen molar-refractivity contribution in [3.8, 4) is 0 Å². The Hall–Kier alpha value is -0.410. The lowest BCUT2D eigenvalue weighted by Crippen LogP contribution is -2.40. The maximum atomic E-state index is 6.63. The molecular weight excluding hydrogens is 264 g/mol. The second kappa shape index (κ2) is 7.56. The van der Waals surface area contributed by atoms with Crippen molar-refractivity contribution in [2.45, 2.75) is 83.6 Å². The van der Waals surface area contributed by atoms with E-state index in [1.165, 1.54) is 55.6 Å². The van der Waals surface area contributed by atoms with Crippen LogP contribution in [0.5, 0.6) is 0 Å². The fraction of sp³-hybridized carbons (Fsp3) is 0.824. The van der Waals surface area contributed by atoms with E-state index >= 15 is 0 Å². The lowest BCUT2D eigenvalue weighted by molar-refractivity contribution is 0.231. The Kier molecular flexibility index (Phi) is 6.03. The topological polar surface area (TPSA) is 38.9 Å². The molecule has 0 aliphatic heterocycles. The third-order valence-electron chi connectivity index (χ3n) is 4.84. The monoisotopic (exact) mass is 294 g/mol. The molecule has 2 rings (SSSR count). The van der Waals surface area contributed by atoms with Crippen molar-refractivity contribution in [3.63, 3.8) is 0 Å². The second-order valence-electron chi connectivity index (χ2n) is 6.46. The summed E-state index contributed by atoms with van der Waals surface area (Å²) in [6, 6.07) is 0. The Balaban J connectivity index is 1.88. The van der Waals surface area contributed by atoms with Crippen molar-refractivity contribution in [2.75, 3.05) is 0 Å². The highest BCUT2D eigenvalue weighted by atomic mass is 32.1. The predicted octanol–water partition coefficient (Wildman–Crippen LogP) is 5.02. The standard InChI is InChI=1S/C17H30N2S/c1-3-5-6-7-8-15-13-20-16(19-15)17(18)11-9-14(4-2)10-12-17/h13-14H,3-12,18H2,1-2H3. The van der Waals surface area contributed by atoms with Gasteiger partial charge in [0.15, 0.2) is 0 Å². The van der Waals surface area contributed by atoms with Gasteiger partial charge in [-0.15, -0.1) is 11.3 Å². The molecule has 2 N–H and O–H groups in total. The summed E-state index contributed by atoms with van der Waals surface area (Å²) in [6.07, 6.45) is 12.5. The Morgan fingerprint density at radius 1 is 1.25 bits per heavy atom. The zero-order valence-corrected chi connectivity index (χ0v) is 14.0. The molecule has 1 aromatic heterocycles. The molecule has 1 aliphatic rings. The summed E-state index contributed by atoms with van der Waals surface area (Å²) in [6.45, 7) is 4.55. The number of rotatable bonds is 7. The largest absolute Gasteiger partial charge is 0.319 e. The summed E-state index contributed by atoms with van der Waals surface area (Å²) in [5.41, 5.74) is 7.78. The number of aryl methyl sites for hydroxylation is 1. The molecule has 1 saturated carbocycles. The van der Waals surface area contributed by atoms with Gasteiger partial charge in [0.2, 0.25) is 0 Å². The van der Waals surface area contributed by atoms with Crippen LogP contribution in [-0.2, 0) is 12.0 Å². The molecule has 0 atom stereocenters. The van der Waals surface area contributed by atoms with E-state index in [2.05, 4.69) is 19.2 Å². The maximum Gasteiger partial charge on any atom is 0.113 e. The van der Waals surface area contributed by atoms with Gasteiger partial charge in [-0.2, -0.15) is 0 Å². The first-order valence-corrected chi connectivity index (χ1v) is 9.29. The van der Waals surface area contributed by atoms with Gasteiger partial charge in [0.25, 0.3) is 0 Å². The first kappa shape index (κ1) is 16.0. The summed E-state index contributed by atoms with van der Waals surface area (Å²) in [5, 5.41) is 3.43. The van der Waals surface area contributed by atoms with Gasteiger partial charge in [-0.1, -0.05) is 39.5 Å². The highest BCUT2D eigenvalue weighted by Gasteiger charge is 2.35. The van der Waals surface area contributed by atoms with Gasteiger partial charge >= 0.3 is 0 Å². The van der Waals surface area contributed by atoms with Gasteiger partial charge in [-0.3, -0.25) is 0 Å². The van der Waals surface area contributed by atoms with Crippen LogP contribution in [0.15, 0.2) is 5.38 Å². The lowest BCUT2D eigenvalue weighted by Gasteiger charge is -2.35. The molecule has 0 saturated heterocycles. The van der Waals surface area contributed by atoms with E-state index < -0.39 is 0 Å². The van der Waals surface area contributed by atoms with Crippen molar-refractivity contribution in [1.29, 1.82) is 0 Å². The number of aromatic nitrogens is 1. The number of hydrogen-bond acceptors (Lipinski definition) is 3. The Labute approximate surface area is 128 Å². The molecule has 20 heavy (non-hydrogen) atoms. The van der Waals surface area contributed by atoms with Crippen LogP contribution in [0.2, 0.25) is 0 Å². The molecule has 1 fully saturated rings. The summed E-state index contributed by atoms with van der Waals surface area (Å²) >= 11 is 1.79. The van der Waals surface area contributed by atoms with Crippen molar-refractivity contribution < 1.29 is 0 Å². The normalized spacial score (nSPS) is 26.9. The number of thiazole rings is 1. The molecule has 0 bridgehead atoms. The fourth-order valence-corrected chi connectivity index (χ4v) is 4.23. The molecule has 0 amide bonds. The van der Waals surface area contributed by atoms with Crippen LogP contribution in [0.3, 0.4) is 0 Å². The summed E-state index contributed by atoms with van der Waals surface area (Å²) < 4.78 is 0. The molecule has 3 heteroatoms. The number of hydrogen-bond donors (Lipinski definition) is 1. The van der Waals surface area contributed by atoms with Crippen molar-refractivity contribution >= 4 is 11.3 Å². The highest BCUT2D eigenvalue weighted by molar-refractivity contribution is 7.09. The molecule has 1 aliphatic carbocycles. The van der Waals surface area contributed by atoms with Crippen LogP contribution >= 0.6 is 11.3 Å². The van der Waals surface area contributed by atoms with Gasteiger partial charge in [-0.05, 0) is 44.4 Å². The molecule has 0 radical (unpaired) electrons. The molecule has 114 valence electrons. The van der Waals surface area contributed by atoms with Gasteiger partial charge in [-0.25, -0.2) is 4.98 Å². The van der Waals surface area contributed by atoms with E-state index in [1.54, 1.807) is 11.3 Å². The third kappa shape index (κ3) is 4.05. The zero-order valence-electron chi connectivity index (χ0n) is 13.2. The molecule has 0 unspecified atom stereocenters. The minimum Gasteiger partial charge on any atom is -0.319 e. The van der Waals surface area contributed by atoms with Crippen LogP contribution < -0.4 is 5.73 Å². The van der Waals surface area contributed by atoms with Crippen LogP contribution in [0.25, 0.3) is 0 Å². The fourth-order valence-electron chi connectivity index (χ4n) is 3.20. The molecule has 0 spiro atoms. The van der Waals surface area contributed by atoms with E-state index in [0.29, 0.717) is 0 Å². The highest BCUT2D eigenvalue weighted by Crippen LogP contribution is 2.39. The first-order chi connectivity index (χ1) is 9.68. The molecule has 1 aromatic rings. The zero-order chi connectivity index (χ0) is 14.4. The van der Waals surface area contributed by atoms with Crippen molar-refractivity contribution in [1.82, 2.24) is 4.98 Å². The van der Waals surface area contributed by atoms with Crippen molar-refractivity contribution in [2.24, 2.45) is 11.7 Å². The third-order valence-corrected chi connectivity index (χ3v) is 5.95. The average Bonchev–Trinajstić information content (AvgIpc) is 2.94. The van der Waals surface area contributed by atoms with E-state index in [1.807, 2.05) is 0 Å². The van der Waals surface area contributed by atoms with Gasteiger partial charge in [0, 0.05) is 5.38 Å². The number of nitrogens with two attached hydrogens (primary N) is 1. The van der Waals surface area contributed by atoms with E-state index in [9.17, 15) is 0 Å². The number of unbranched alkanes of at least 4 members (excludes halogenated alkanes) is 3. The predicted molar refractivity (Wildman–Crippen MR) is 88.1 cm³/mol. The quantitative estimate of drug-likeness (QED) is 0.717. The molecule has 1 heterocycles. The first-order valence-electron chi connectivity index (χ1n) is 8.41. The molecule has 0 aromatic carbocycles. The van der Waals surface area contributed by atoms with Crippen LogP contribution in [-0.4, -0.2) is 4.98 Å². The SMILES string of the molecule is CCCCCCc1csc(C2(N)CCC(CC)CC2)n1. The van der Waals surface area contributed by atoms with Gasteiger partial charge < -0.3 is 5.73 Å². The van der Waals surface area contributed by atoms with E-state index in [-0.39, 0.29) is 5.54 Å². The van der Waals surface area contributed by atoms with Crippen LogP contribution in [0.4, 0.5) is 0 Å². The lowest BCUT2D eigenvalue weighted by atomic mass is 9.76. The minimum absolute atomic E-state index is 0.127. The summed E-state index contributed by atoms with van der Waals surface area (Å²) in [4.78, 5) is 4.85. The summed E-state index contributed by atoms with van der Waals surface area (Å²) in [7, 11) is 0. The second-order valence-corrected chi connectivity index (χ2v) is 7.32. The molecule has 2 nitrogen and oxygen atoms in total. The number of nitrogens with zero attached hydrogens (tertiary/aromatic N) is 1. The van der Waals surface area contributed by atoms with Crippen LogP contribution in [0.1, 0.15) is 82.3 Å². The Morgan fingerprint density at radius 3 is 2.65 bits per heavy atom. The average molecular weight is 295 g/mol. The van der Waals surface area contributed by atoms with Gasteiger partial charge in [0.1, 0.15) is 5.01 Å². The van der Waals surface area contributed by atoms with Crippen molar-refractivity contribution in [3.05, 3.63) is 16.1 Å². The Morgan fingerprint density at radius 2 is 2.00 bits per heavy atom. The Bertz CT molecular complexity index is 391. The van der Waals surface area contributed by atoms with E-state index in [4.69, 9.17) is 10.7 Å². The van der Waals surface area contributed by atoms with Crippen LogP contribution in [0, 0.1) is 5.92 Å². The maximum absolute atomic E-state index is 6.63.